The molecule has 2 aromatic rings. The largest absolute Gasteiger partial charge is 0.361 e. The molecule has 0 amide bonds. The van der Waals surface area contributed by atoms with E-state index >= 15 is 0 Å². The minimum atomic E-state index is -1.13. The van der Waals surface area contributed by atoms with Gasteiger partial charge >= 0.3 is 0 Å². The van der Waals surface area contributed by atoms with E-state index in [1.165, 1.54) is 12.3 Å². The molecule has 0 aliphatic heterocycles. The van der Waals surface area contributed by atoms with E-state index in [0.29, 0.717) is 37.6 Å². The van der Waals surface area contributed by atoms with Gasteiger partial charge in [0.15, 0.2) is 12.1 Å². The van der Waals surface area contributed by atoms with Crippen molar-refractivity contribution in [1.82, 2.24) is 14.5 Å². The summed E-state index contributed by atoms with van der Waals surface area (Å²) in [7, 11) is -1.13. The molecule has 0 aliphatic rings. The van der Waals surface area contributed by atoms with Crippen LogP contribution in [0.25, 0.3) is 0 Å². The van der Waals surface area contributed by atoms with Crippen LogP contribution in [0.2, 0.25) is 25.7 Å². The van der Waals surface area contributed by atoms with Crippen LogP contribution >= 0.6 is 0 Å². The molecule has 2 heterocycles. The number of pyridine rings is 1. The van der Waals surface area contributed by atoms with Crippen molar-refractivity contribution < 1.29 is 13.9 Å². The van der Waals surface area contributed by atoms with Gasteiger partial charge < -0.3 is 9.30 Å². The minimum absolute atomic E-state index is 0.302. The van der Waals surface area contributed by atoms with E-state index in [1.807, 2.05) is 0 Å². The van der Waals surface area contributed by atoms with Crippen molar-refractivity contribution in [3.63, 3.8) is 0 Å². The molecule has 0 spiro atoms. The second-order valence-corrected chi connectivity index (χ2v) is 12.3. The number of imidazole rings is 1. The van der Waals surface area contributed by atoms with Crippen molar-refractivity contribution in [2.45, 2.75) is 38.8 Å². The first-order valence-corrected chi connectivity index (χ1v) is 11.3. The lowest BCUT2D eigenvalue weighted by molar-refractivity contribution is 0.0831. The molecular weight excluding hydrogens is 313 g/mol. The van der Waals surface area contributed by atoms with Crippen molar-refractivity contribution in [2.75, 3.05) is 6.61 Å². The number of ether oxygens (including phenoxy) is 1. The Morgan fingerprint density at radius 1 is 1.39 bits per heavy atom. The van der Waals surface area contributed by atoms with Gasteiger partial charge in [-0.1, -0.05) is 19.6 Å². The summed E-state index contributed by atoms with van der Waals surface area (Å²) in [6, 6.07) is 4.17. The molecule has 0 radical (unpaired) electrons. The zero-order valence-corrected chi connectivity index (χ0v) is 14.8. The number of halogens is 1. The Balaban J connectivity index is 1.98. The predicted octanol–water partition coefficient (Wildman–Crippen LogP) is 3.13. The molecule has 0 atom stereocenters. The summed E-state index contributed by atoms with van der Waals surface area (Å²) in [5.74, 6) is -0.199. The monoisotopic (exact) mass is 335 g/mol. The maximum Gasteiger partial charge on any atom is 0.213 e. The van der Waals surface area contributed by atoms with E-state index in [9.17, 15) is 9.18 Å². The van der Waals surface area contributed by atoms with Gasteiger partial charge in [0.1, 0.15) is 6.73 Å². The lowest BCUT2D eigenvalue weighted by Crippen LogP contribution is -2.22. The third-order valence-electron chi connectivity index (χ3n) is 3.37. The zero-order chi connectivity index (χ0) is 16.9. The van der Waals surface area contributed by atoms with Crippen LogP contribution in [0.4, 0.5) is 4.39 Å². The molecule has 2 aromatic heterocycles. The number of carbonyl (C=O) groups is 1. The van der Waals surface area contributed by atoms with Crippen molar-refractivity contribution in [3.8, 4) is 0 Å². The Hall–Kier alpha value is -1.86. The summed E-state index contributed by atoms with van der Waals surface area (Å²) < 4.78 is 20.4. The Labute approximate surface area is 136 Å². The van der Waals surface area contributed by atoms with Gasteiger partial charge in [-0.2, -0.15) is 4.39 Å². The fourth-order valence-electron chi connectivity index (χ4n) is 2.07. The van der Waals surface area contributed by atoms with Crippen molar-refractivity contribution >= 4 is 14.4 Å². The molecule has 2 rings (SSSR count). The highest BCUT2D eigenvalue weighted by Gasteiger charge is 2.13. The van der Waals surface area contributed by atoms with Gasteiger partial charge in [0.05, 0.1) is 5.69 Å². The number of carbonyl (C=O) groups excluding carboxylic acids is 1. The SMILES string of the molecule is C[Si](C)(C)CCOCn1cc(Cc2ccnc(F)c2)nc1C=O. The molecule has 0 bridgehead atoms. The number of hydrogen-bond acceptors (Lipinski definition) is 4. The van der Waals surface area contributed by atoms with Crippen LogP contribution < -0.4 is 0 Å². The first kappa shape index (κ1) is 17.5. The smallest absolute Gasteiger partial charge is 0.213 e. The first-order chi connectivity index (χ1) is 10.9. The summed E-state index contributed by atoms with van der Waals surface area (Å²) in [6.07, 6.45) is 4.35. The molecule has 0 N–H and O–H groups in total. The van der Waals surface area contributed by atoms with Gasteiger partial charge in [-0.15, -0.1) is 0 Å². The molecule has 0 saturated carbocycles. The molecule has 7 heteroatoms. The van der Waals surface area contributed by atoms with Crippen LogP contribution in [-0.4, -0.2) is 35.5 Å². The van der Waals surface area contributed by atoms with E-state index in [2.05, 4.69) is 29.6 Å². The van der Waals surface area contributed by atoms with Crippen molar-refractivity contribution in [1.29, 1.82) is 0 Å². The van der Waals surface area contributed by atoms with Gasteiger partial charge in [0.25, 0.3) is 0 Å². The third-order valence-corrected chi connectivity index (χ3v) is 5.07. The maximum absolute atomic E-state index is 13.1. The van der Waals surface area contributed by atoms with Gasteiger partial charge in [-0.05, 0) is 23.7 Å². The van der Waals surface area contributed by atoms with Gasteiger partial charge in [0.2, 0.25) is 5.95 Å². The Morgan fingerprint density at radius 2 is 2.17 bits per heavy atom. The third kappa shape index (κ3) is 5.68. The highest BCUT2D eigenvalue weighted by molar-refractivity contribution is 6.76. The van der Waals surface area contributed by atoms with E-state index in [0.717, 1.165) is 11.6 Å². The fourth-order valence-corrected chi connectivity index (χ4v) is 2.83. The Kier molecular flexibility index (Phi) is 5.78. The lowest BCUT2D eigenvalue weighted by atomic mass is 10.1. The number of aromatic nitrogens is 3. The van der Waals surface area contributed by atoms with Crippen LogP contribution in [0, 0.1) is 5.95 Å². The number of rotatable bonds is 8. The zero-order valence-electron chi connectivity index (χ0n) is 13.8. The number of nitrogens with zero attached hydrogens (tertiary/aromatic N) is 3. The molecule has 0 aromatic carbocycles. The molecule has 5 nitrogen and oxygen atoms in total. The van der Waals surface area contributed by atoms with Crippen LogP contribution in [-0.2, 0) is 17.9 Å². The average Bonchev–Trinajstić information content (AvgIpc) is 2.84. The average molecular weight is 335 g/mol. The standard InChI is InChI=1S/C16H22FN3O2Si/c1-23(2,3)7-6-22-12-20-10-14(19-16(20)11-21)8-13-4-5-18-15(17)9-13/h4-5,9-11H,6-8,12H2,1-3H3. The molecular formula is C16H22FN3O2Si. The normalized spacial score (nSPS) is 11.7. The predicted molar refractivity (Wildman–Crippen MR) is 88.7 cm³/mol. The topological polar surface area (TPSA) is 57.0 Å². The molecule has 23 heavy (non-hydrogen) atoms. The van der Waals surface area contributed by atoms with Gasteiger partial charge in [0, 0.05) is 33.5 Å². The maximum atomic E-state index is 13.1. The second-order valence-electron chi connectivity index (χ2n) is 6.69. The first-order valence-electron chi connectivity index (χ1n) is 7.57. The Morgan fingerprint density at radius 3 is 2.83 bits per heavy atom. The Bertz CT molecular complexity index is 668. The molecule has 0 aliphatic carbocycles. The second kappa shape index (κ2) is 7.61. The summed E-state index contributed by atoms with van der Waals surface area (Å²) >= 11 is 0. The minimum Gasteiger partial charge on any atom is -0.361 e. The molecule has 0 fully saturated rings. The van der Waals surface area contributed by atoms with Gasteiger partial charge in [-0.25, -0.2) is 9.97 Å². The summed E-state index contributed by atoms with van der Waals surface area (Å²) in [6.45, 7) is 7.84. The molecule has 124 valence electrons. The number of aldehydes is 1. The highest BCUT2D eigenvalue weighted by Crippen LogP contribution is 2.11. The molecule has 0 unspecified atom stereocenters. The summed E-state index contributed by atoms with van der Waals surface area (Å²) in [5, 5.41) is 0. The van der Waals surface area contributed by atoms with Crippen molar-refractivity contribution in [2.24, 2.45) is 0 Å². The van der Waals surface area contributed by atoms with Crippen LogP contribution in [0.1, 0.15) is 21.9 Å². The summed E-state index contributed by atoms with van der Waals surface area (Å²) in [4.78, 5) is 18.9. The lowest BCUT2D eigenvalue weighted by Gasteiger charge is -2.15. The van der Waals surface area contributed by atoms with E-state index in [4.69, 9.17) is 4.74 Å². The van der Waals surface area contributed by atoms with Gasteiger partial charge in [-0.3, -0.25) is 4.79 Å². The fraction of sp³-hybridized carbons (Fsp3) is 0.438. The van der Waals surface area contributed by atoms with E-state index in [-0.39, 0.29) is 0 Å². The summed E-state index contributed by atoms with van der Waals surface area (Å²) in [5.41, 5.74) is 1.46. The highest BCUT2D eigenvalue weighted by atomic mass is 28.3. The quantitative estimate of drug-likeness (QED) is 0.322. The van der Waals surface area contributed by atoms with Crippen LogP contribution in [0.15, 0.2) is 24.5 Å². The van der Waals surface area contributed by atoms with Crippen molar-refractivity contribution in [3.05, 3.63) is 47.6 Å². The molecule has 0 saturated heterocycles. The number of hydrogen-bond donors (Lipinski definition) is 0. The van der Waals surface area contributed by atoms with Crippen LogP contribution in [0.5, 0.6) is 0 Å². The van der Waals surface area contributed by atoms with Crippen LogP contribution in [0.3, 0.4) is 0 Å². The van der Waals surface area contributed by atoms with E-state index in [1.54, 1.807) is 16.8 Å². The van der Waals surface area contributed by atoms with E-state index < -0.39 is 14.0 Å².